The van der Waals surface area contributed by atoms with Crippen molar-refractivity contribution in [3.63, 3.8) is 0 Å². The van der Waals surface area contributed by atoms with Gasteiger partial charge in [0.15, 0.2) is 0 Å². The summed E-state index contributed by atoms with van der Waals surface area (Å²) in [4.78, 5) is 16.5. The first kappa shape index (κ1) is 23.8. The lowest BCUT2D eigenvalue weighted by molar-refractivity contribution is -0.143. The smallest absolute Gasteiger partial charge is 0.376 e. The molecule has 180 valence electrons. The first-order valence-corrected chi connectivity index (χ1v) is 10.3. The Labute approximate surface area is 190 Å². The molecule has 0 unspecified atom stereocenters. The zero-order chi connectivity index (χ0) is 24.5. The molecule has 1 atom stereocenters. The van der Waals surface area contributed by atoms with Crippen LogP contribution in [0.4, 0.5) is 26.3 Å². The molecule has 1 N–H and O–H groups in total. The third kappa shape index (κ3) is 5.24. The quantitative estimate of drug-likeness (QED) is 0.489. The molecule has 11 heteroatoms. The number of aromatic nitrogens is 2. The summed E-state index contributed by atoms with van der Waals surface area (Å²) in [5.74, 6) is -0.384. The van der Waals surface area contributed by atoms with Gasteiger partial charge in [0.05, 0.1) is 29.8 Å². The van der Waals surface area contributed by atoms with Gasteiger partial charge in [-0.25, -0.2) is 4.98 Å². The van der Waals surface area contributed by atoms with Crippen molar-refractivity contribution in [2.75, 3.05) is 13.2 Å². The van der Waals surface area contributed by atoms with E-state index in [4.69, 9.17) is 4.74 Å². The molecule has 0 spiro atoms. The van der Waals surface area contributed by atoms with E-state index >= 15 is 0 Å². The van der Waals surface area contributed by atoms with Gasteiger partial charge in [-0.1, -0.05) is 12.1 Å². The molecule has 4 rings (SSSR count). The minimum atomic E-state index is -4.93. The van der Waals surface area contributed by atoms with Gasteiger partial charge in [0.2, 0.25) is 0 Å². The topological polar surface area (TPSA) is 56.1 Å². The maximum absolute atomic E-state index is 13.2. The molecule has 0 aliphatic carbocycles. The SMILES string of the molecule is O=C(NC[C@@H]1CCCO1)c1cncn1-c1ccc(-c2cc(C(F)(F)F)cc(C(F)(F)F)c2)cc1. The van der Waals surface area contributed by atoms with Crippen LogP contribution in [-0.4, -0.2) is 34.7 Å². The van der Waals surface area contributed by atoms with Crippen LogP contribution in [0.3, 0.4) is 0 Å². The Bertz CT molecular complexity index is 1130. The number of carbonyl (C=O) groups is 1. The van der Waals surface area contributed by atoms with Crippen LogP contribution in [0.1, 0.15) is 34.5 Å². The first-order valence-electron chi connectivity index (χ1n) is 10.3. The molecule has 2 aromatic carbocycles. The van der Waals surface area contributed by atoms with Crippen molar-refractivity contribution in [3.05, 3.63) is 71.8 Å². The molecule has 0 radical (unpaired) electrons. The average Bonchev–Trinajstić information content (AvgIpc) is 3.48. The highest BCUT2D eigenvalue weighted by Gasteiger charge is 2.37. The second-order valence-electron chi connectivity index (χ2n) is 7.84. The van der Waals surface area contributed by atoms with E-state index in [-0.39, 0.29) is 34.9 Å². The number of imidazole rings is 1. The summed E-state index contributed by atoms with van der Waals surface area (Å²) in [6.45, 7) is 1.00. The fourth-order valence-corrected chi connectivity index (χ4v) is 3.71. The number of hydrogen-bond acceptors (Lipinski definition) is 3. The van der Waals surface area contributed by atoms with E-state index in [0.29, 0.717) is 31.0 Å². The van der Waals surface area contributed by atoms with E-state index in [1.807, 2.05) is 0 Å². The van der Waals surface area contributed by atoms with Crippen molar-refractivity contribution in [1.82, 2.24) is 14.9 Å². The molecular formula is C23H19F6N3O2. The Balaban J connectivity index is 1.59. The zero-order valence-corrected chi connectivity index (χ0v) is 17.6. The number of nitrogens with one attached hydrogen (secondary N) is 1. The number of alkyl halides is 6. The second-order valence-corrected chi connectivity index (χ2v) is 7.84. The molecule has 0 saturated carbocycles. The molecule has 0 bridgehead atoms. The van der Waals surface area contributed by atoms with Crippen molar-refractivity contribution < 1.29 is 35.9 Å². The second kappa shape index (κ2) is 9.13. The van der Waals surface area contributed by atoms with Crippen LogP contribution in [-0.2, 0) is 17.1 Å². The molecule has 5 nitrogen and oxygen atoms in total. The number of rotatable bonds is 5. The molecule has 3 aromatic rings. The minimum absolute atomic E-state index is 0.0475. The Morgan fingerprint density at radius 1 is 1.00 bits per heavy atom. The summed E-state index contributed by atoms with van der Waals surface area (Å²) in [6, 6.07) is 7.18. The van der Waals surface area contributed by atoms with E-state index in [9.17, 15) is 31.1 Å². The lowest BCUT2D eigenvalue weighted by Crippen LogP contribution is -2.32. The Kier molecular flexibility index (Phi) is 6.39. The lowest BCUT2D eigenvalue weighted by atomic mass is 9.99. The Hall–Kier alpha value is -3.34. The van der Waals surface area contributed by atoms with Gasteiger partial charge in [-0.2, -0.15) is 26.3 Å². The van der Waals surface area contributed by atoms with Gasteiger partial charge in [0, 0.05) is 18.8 Å². The van der Waals surface area contributed by atoms with Crippen LogP contribution in [0.25, 0.3) is 16.8 Å². The molecule has 1 fully saturated rings. The molecule has 2 heterocycles. The van der Waals surface area contributed by atoms with Crippen molar-refractivity contribution in [2.45, 2.75) is 31.3 Å². The summed E-state index contributed by atoms with van der Waals surface area (Å²) in [6.07, 6.45) is -5.37. The molecule has 1 aromatic heterocycles. The van der Waals surface area contributed by atoms with Gasteiger partial charge < -0.3 is 10.1 Å². The maximum atomic E-state index is 13.2. The number of benzene rings is 2. The first-order chi connectivity index (χ1) is 16.0. The molecule has 1 amide bonds. The van der Waals surface area contributed by atoms with E-state index in [1.54, 1.807) is 0 Å². The number of halogens is 6. The van der Waals surface area contributed by atoms with Gasteiger partial charge >= 0.3 is 12.4 Å². The molecule has 1 aliphatic heterocycles. The van der Waals surface area contributed by atoms with Gasteiger partial charge in [-0.05, 0) is 54.3 Å². The summed E-state index contributed by atoms with van der Waals surface area (Å²) < 4.78 is 85.9. The van der Waals surface area contributed by atoms with Gasteiger partial charge in [-0.15, -0.1) is 0 Å². The van der Waals surface area contributed by atoms with Gasteiger partial charge in [0.25, 0.3) is 5.91 Å². The number of amides is 1. The molecule has 1 saturated heterocycles. The highest BCUT2D eigenvalue weighted by molar-refractivity contribution is 5.93. The number of carbonyl (C=O) groups excluding carboxylic acids is 1. The number of hydrogen-bond donors (Lipinski definition) is 1. The fraction of sp³-hybridized carbons (Fsp3) is 0.304. The average molecular weight is 483 g/mol. The number of ether oxygens (including phenoxy) is 1. The van der Waals surface area contributed by atoms with Crippen molar-refractivity contribution in [2.24, 2.45) is 0 Å². The molecular weight excluding hydrogens is 464 g/mol. The summed E-state index contributed by atoms with van der Waals surface area (Å²) in [5, 5.41) is 2.78. The molecule has 34 heavy (non-hydrogen) atoms. The maximum Gasteiger partial charge on any atom is 0.416 e. The minimum Gasteiger partial charge on any atom is -0.376 e. The standard InChI is InChI=1S/C23H19F6N3O2/c24-22(25,26)16-8-15(9-17(10-16)23(27,28)29)14-3-5-18(6-4-14)32-13-30-12-20(32)21(33)31-11-19-2-1-7-34-19/h3-6,8-10,12-13,19H,1-2,7,11H2,(H,31,33)/t19-/m0/s1. The lowest BCUT2D eigenvalue weighted by Gasteiger charge is -2.15. The fourth-order valence-electron chi connectivity index (χ4n) is 3.71. The van der Waals surface area contributed by atoms with Crippen molar-refractivity contribution >= 4 is 5.91 Å². The third-order valence-electron chi connectivity index (χ3n) is 5.45. The van der Waals surface area contributed by atoms with E-state index < -0.39 is 23.5 Å². The highest BCUT2D eigenvalue weighted by atomic mass is 19.4. The monoisotopic (exact) mass is 483 g/mol. The zero-order valence-electron chi connectivity index (χ0n) is 17.6. The van der Waals surface area contributed by atoms with Crippen molar-refractivity contribution in [1.29, 1.82) is 0 Å². The Morgan fingerprint density at radius 2 is 1.65 bits per heavy atom. The predicted molar refractivity (Wildman–Crippen MR) is 110 cm³/mol. The largest absolute Gasteiger partial charge is 0.416 e. The Morgan fingerprint density at radius 3 is 2.21 bits per heavy atom. The summed E-state index contributed by atoms with van der Waals surface area (Å²) in [7, 11) is 0. The van der Waals surface area contributed by atoms with Crippen LogP contribution in [0.5, 0.6) is 0 Å². The van der Waals surface area contributed by atoms with Crippen LogP contribution >= 0.6 is 0 Å². The predicted octanol–water partition coefficient (Wildman–Crippen LogP) is 5.49. The van der Waals surface area contributed by atoms with Gasteiger partial charge in [0.1, 0.15) is 5.69 Å². The molecule has 1 aliphatic rings. The summed E-state index contributed by atoms with van der Waals surface area (Å²) in [5.41, 5.74) is -2.16. The number of nitrogens with zero attached hydrogens (tertiary/aromatic N) is 2. The van der Waals surface area contributed by atoms with E-state index in [0.717, 1.165) is 12.8 Å². The van der Waals surface area contributed by atoms with Crippen LogP contribution in [0, 0.1) is 0 Å². The third-order valence-corrected chi connectivity index (χ3v) is 5.45. The van der Waals surface area contributed by atoms with E-state index in [1.165, 1.54) is 41.4 Å². The van der Waals surface area contributed by atoms with Crippen LogP contribution in [0.15, 0.2) is 55.0 Å². The normalized spacial score (nSPS) is 16.6. The summed E-state index contributed by atoms with van der Waals surface area (Å²) >= 11 is 0. The van der Waals surface area contributed by atoms with Crippen molar-refractivity contribution in [3.8, 4) is 16.8 Å². The van der Waals surface area contributed by atoms with Crippen LogP contribution < -0.4 is 5.32 Å². The highest BCUT2D eigenvalue weighted by Crippen LogP contribution is 2.38. The van der Waals surface area contributed by atoms with Crippen LogP contribution in [0.2, 0.25) is 0 Å². The van der Waals surface area contributed by atoms with Gasteiger partial charge in [-0.3, -0.25) is 9.36 Å². The van der Waals surface area contributed by atoms with E-state index in [2.05, 4.69) is 10.3 Å².